The van der Waals surface area contributed by atoms with Crippen molar-refractivity contribution in [1.29, 1.82) is 0 Å². The number of rotatable bonds is 3. The van der Waals surface area contributed by atoms with Crippen molar-refractivity contribution >= 4 is 23.4 Å². The van der Waals surface area contributed by atoms with E-state index in [4.69, 9.17) is 0 Å². The van der Waals surface area contributed by atoms with Crippen LogP contribution in [0.25, 0.3) is 0 Å². The number of hydrogen-bond donors (Lipinski definition) is 2. The second-order valence-electron chi connectivity index (χ2n) is 5.20. The minimum Gasteiger partial charge on any atom is -0.347 e. The van der Waals surface area contributed by atoms with Gasteiger partial charge >= 0.3 is 6.03 Å². The molecule has 2 N–H and O–H groups in total. The van der Waals surface area contributed by atoms with Crippen LogP contribution in [0.5, 0.6) is 0 Å². The number of carbonyl (C=O) groups is 1. The average molecular weight is 321 g/mol. The summed E-state index contributed by atoms with van der Waals surface area (Å²) in [5.41, 5.74) is 1.63. The van der Waals surface area contributed by atoms with E-state index in [1.54, 1.807) is 18.7 Å². The fourth-order valence-corrected chi connectivity index (χ4v) is 1.98. The highest BCUT2D eigenvalue weighted by Crippen LogP contribution is 2.20. The Morgan fingerprint density at radius 1 is 1.00 bits per heavy atom. The molecule has 2 amide bonds. The monoisotopic (exact) mass is 321 g/mol. The number of halogens is 2. The summed E-state index contributed by atoms with van der Waals surface area (Å²) in [6.07, 6.45) is 0. The van der Waals surface area contributed by atoms with Gasteiger partial charge in [0.25, 0.3) is 0 Å². The van der Waals surface area contributed by atoms with E-state index >= 15 is 0 Å². The lowest BCUT2D eigenvalue weighted by Gasteiger charge is -2.16. The molecule has 0 saturated carbocycles. The lowest BCUT2D eigenvalue weighted by molar-refractivity contribution is 0.262. The van der Waals surface area contributed by atoms with Gasteiger partial charge in [-0.25, -0.2) is 23.5 Å². The van der Waals surface area contributed by atoms with Crippen molar-refractivity contribution in [3.63, 3.8) is 0 Å². The number of carbonyl (C=O) groups excluding carboxylic acids is 1. The molecule has 0 atom stereocenters. The third-order valence-corrected chi connectivity index (χ3v) is 3.02. The molecule has 0 aliphatic rings. The van der Waals surface area contributed by atoms with Crippen molar-refractivity contribution in [3.05, 3.63) is 41.2 Å². The van der Waals surface area contributed by atoms with E-state index in [9.17, 15) is 13.6 Å². The molecule has 0 spiro atoms. The number of hydrogen-bond acceptors (Lipinski definition) is 4. The van der Waals surface area contributed by atoms with Gasteiger partial charge in [0.15, 0.2) is 0 Å². The first-order valence-corrected chi connectivity index (χ1v) is 6.83. The molecule has 23 heavy (non-hydrogen) atoms. The standard InChI is InChI=1S/C15H17F2N5O/c1-8-13(9(2)19-14(18-8)22(3)4)21-15(23)20-12-6-10(16)5-11(17)7-12/h5-7H,1-4H3,(H2,20,21,23). The summed E-state index contributed by atoms with van der Waals surface area (Å²) in [5.74, 6) is -1.02. The minimum atomic E-state index is -0.772. The van der Waals surface area contributed by atoms with Crippen molar-refractivity contribution in [2.45, 2.75) is 13.8 Å². The van der Waals surface area contributed by atoms with E-state index in [2.05, 4.69) is 20.6 Å². The molecular formula is C15H17F2N5O. The van der Waals surface area contributed by atoms with E-state index in [0.29, 0.717) is 23.0 Å². The molecule has 1 aromatic carbocycles. The summed E-state index contributed by atoms with van der Waals surface area (Å²) in [6.45, 7) is 3.47. The van der Waals surface area contributed by atoms with Gasteiger partial charge in [-0.05, 0) is 26.0 Å². The maximum Gasteiger partial charge on any atom is 0.323 e. The van der Waals surface area contributed by atoms with Crippen LogP contribution in [0, 0.1) is 25.5 Å². The smallest absolute Gasteiger partial charge is 0.323 e. The summed E-state index contributed by atoms with van der Waals surface area (Å²) >= 11 is 0. The number of aromatic nitrogens is 2. The van der Waals surface area contributed by atoms with E-state index in [1.807, 2.05) is 14.1 Å². The minimum absolute atomic E-state index is 0.0149. The molecule has 0 saturated heterocycles. The number of urea groups is 1. The van der Waals surface area contributed by atoms with Gasteiger partial charge in [0, 0.05) is 25.8 Å². The van der Waals surface area contributed by atoms with Crippen molar-refractivity contribution in [2.75, 3.05) is 29.6 Å². The predicted molar refractivity (Wildman–Crippen MR) is 84.8 cm³/mol. The normalized spacial score (nSPS) is 10.3. The second-order valence-corrected chi connectivity index (χ2v) is 5.20. The summed E-state index contributed by atoms with van der Waals surface area (Å²) in [6, 6.07) is 2.13. The van der Waals surface area contributed by atoms with E-state index in [1.165, 1.54) is 0 Å². The molecule has 6 nitrogen and oxygen atoms in total. The Morgan fingerprint density at radius 2 is 1.52 bits per heavy atom. The van der Waals surface area contributed by atoms with Gasteiger partial charge in [0.1, 0.15) is 11.6 Å². The van der Waals surface area contributed by atoms with Crippen LogP contribution in [-0.2, 0) is 0 Å². The highest BCUT2D eigenvalue weighted by Gasteiger charge is 2.13. The number of benzene rings is 1. The van der Waals surface area contributed by atoms with Gasteiger partial charge in [-0.15, -0.1) is 0 Å². The number of nitrogens with zero attached hydrogens (tertiary/aromatic N) is 3. The van der Waals surface area contributed by atoms with Gasteiger partial charge in [0.05, 0.1) is 17.1 Å². The van der Waals surface area contributed by atoms with Crippen LogP contribution < -0.4 is 15.5 Å². The first-order valence-electron chi connectivity index (χ1n) is 6.83. The number of anilines is 3. The molecule has 2 aromatic rings. The Hall–Kier alpha value is -2.77. The molecule has 0 radical (unpaired) electrons. The maximum absolute atomic E-state index is 13.1. The molecular weight excluding hydrogens is 304 g/mol. The fraction of sp³-hybridized carbons (Fsp3) is 0.267. The van der Waals surface area contributed by atoms with Crippen LogP contribution >= 0.6 is 0 Å². The summed E-state index contributed by atoms with van der Waals surface area (Å²) in [7, 11) is 3.62. The van der Waals surface area contributed by atoms with Crippen LogP contribution in [0.15, 0.2) is 18.2 Å². The fourth-order valence-electron chi connectivity index (χ4n) is 1.98. The van der Waals surface area contributed by atoms with Crippen molar-refractivity contribution < 1.29 is 13.6 Å². The molecule has 1 heterocycles. The van der Waals surface area contributed by atoms with Gasteiger partial charge in [-0.2, -0.15) is 0 Å². The quantitative estimate of drug-likeness (QED) is 0.911. The SMILES string of the molecule is Cc1nc(N(C)C)nc(C)c1NC(=O)Nc1cc(F)cc(F)c1. The van der Waals surface area contributed by atoms with Gasteiger partial charge in [-0.1, -0.05) is 0 Å². The van der Waals surface area contributed by atoms with E-state index in [0.717, 1.165) is 18.2 Å². The molecule has 8 heteroatoms. The number of amides is 2. The Labute approximate surface area is 132 Å². The molecule has 0 aliphatic heterocycles. The molecule has 2 rings (SSSR count). The van der Waals surface area contributed by atoms with Crippen LogP contribution in [0.1, 0.15) is 11.4 Å². The number of nitrogens with one attached hydrogen (secondary N) is 2. The van der Waals surface area contributed by atoms with Crippen LogP contribution in [0.4, 0.5) is 30.9 Å². The highest BCUT2D eigenvalue weighted by molar-refractivity contribution is 6.00. The Kier molecular flexibility index (Phi) is 4.73. The Balaban J connectivity index is 2.17. The van der Waals surface area contributed by atoms with Crippen LogP contribution in [-0.4, -0.2) is 30.1 Å². The van der Waals surface area contributed by atoms with Crippen molar-refractivity contribution in [1.82, 2.24) is 9.97 Å². The molecule has 0 fully saturated rings. The van der Waals surface area contributed by atoms with Gasteiger partial charge < -0.3 is 15.5 Å². The lowest BCUT2D eigenvalue weighted by atomic mass is 10.3. The lowest BCUT2D eigenvalue weighted by Crippen LogP contribution is -2.22. The molecule has 0 unspecified atom stereocenters. The topological polar surface area (TPSA) is 70.2 Å². The van der Waals surface area contributed by atoms with Crippen LogP contribution in [0.3, 0.4) is 0 Å². The van der Waals surface area contributed by atoms with E-state index < -0.39 is 17.7 Å². The Bertz CT molecular complexity index is 705. The molecule has 1 aromatic heterocycles. The summed E-state index contributed by atoms with van der Waals surface area (Å²) in [5, 5.41) is 4.96. The largest absolute Gasteiger partial charge is 0.347 e. The van der Waals surface area contributed by atoms with Gasteiger partial charge in [0.2, 0.25) is 5.95 Å². The zero-order valence-electron chi connectivity index (χ0n) is 13.2. The van der Waals surface area contributed by atoms with Crippen LogP contribution in [0.2, 0.25) is 0 Å². The second kappa shape index (κ2) is 6.55. The third kappa shape index (κ3) is 4.12. The zero-order valence-corrected chi connectivity index (χ0v) is 13.2. The average Bonchev–Trinajstić information content (AvgIpc) is 2.41. The number of aryl methyl sites for hydroxylation is 2. The van der Waals surface area contributed by atoms with Gasteiger partial charge in [-0.3, -0.25) is 0 Å². The molecule has 0 aliphatic carbocycles. The Morgan fingerprint density at radius 3 is 2.00 bits per heavy atom. The van der Waals surface area contributed by atoms with Crippen molar-refractivity contribution in [3.8, 4) is 0 Å². The third-order valence-electron chi connectivity index (χ3n) is 3.02. The maximum atomic E-state index is 13.1. The highest BCUT2D eigenvalue weighted by atomic mass is 19.1. The predicted octanol–water partition coefficient (Wildman–Crippen LogP) is 3.08. The first-order chi connectivity index (χ1) is 10.8. The molecule has 0 bridgehead atoms. The first kappa shape index (κ1) is 16.6. The van der Waals surface area contributed by atoms with Crippen molar-refractivity contribution in [2.24, 2.45) is 0 Å². The molecule has 122 valence electrons. The zero-order chi connectivity index (χ0) is 17.1. The van der Waals surface area contributed by atoms with E-state index in [-0.39, 0.29) is 5.69 Å². The summed E-state index contributed by atoms with van der Waals surface area (Å²) < 4.78 is 26.2. The summed E-state index contributed by atoms with van der Waals surface area (Å²) in [4.78, 5) is 22.3.